The molecular formula is C21H23NO4. The van der Waals surface area contributed by atoms with Gasteiger partial charge in [0.2, 0.25) is 11.8 Å². The van der Waals surface area contributed by atoms with Gasteiger partial charge in [-0.3, -0.25) is 14.5 Å². The summed E-state index contributed by atoms with van der Waals surface area (Å²) in [6, 6.07) is 13.6. The number of carbonyl (C=O) groups excluding carboxylic acids is 2. The first-order valence-electron chi connectivity index (χ1n) is 9.22. The van der Waals surface area contributed by atoms with Crippen molar-refractivity contribution in [2.75, 3.05) is 13.2 Å². The molecule has 4 rings (SSSR count). The summed E-state index contributed by atoms with van der Waals surface area (Å²) >= 11 is 0. The average Bonchev–Trinajstić information content (AvgIpc) is 3.21. The average molecular weight is 353 g/mol. The monoisotopic (exact) mass is 353 g/mol. The molecule has 5 heteroatoms. The van der Waals surface area contributed by atoms with Gasteiger partial charge in [0.15, 0.2) is 0 Å². The molecule has 2 fully saturated rings. The van der Waals surface area contributed by atoms with E-state index in [-0.39, 0.29) is 25.0 Å². The number of fused-ring (bicyclic) bond motifs is 1. The third kappa shape index (κ3) is 2.97. The van der Waals surface area contributed by atoms with E-state index in [1.165, 1.54) is 4.90 Å². The Bertz CT molecular complexity index is 836. The molecule has 0 bridgehead atoms. The van der Waals surface area contributed by atoms with Gasteiger partial charge in [-0.1, -0.05) is 49.2 Å². The lowest BCUT2D eigenvalue weighted by Gasteiger charge is -2.23. The zero-order valence-corrected chi connectivity index (χ0v) is 14.7. The smallest absolute Gasteiger partial charge is 0.235 e. The number of rotatable bonds is 5. The molecule has 2 aromatic carbocycles. The van der Waals surface area contributed by atoms with Gasteiger partial charge in [-0.05, 0) is 24.3 Å². The van der Waals surface area contributed by atoms with Crippen molar-refractivity contribution >= 4 is 22.6 Å². The molecule has 1 saturated heterocycles. The van der Waals surface area contributed by atoms with E-state index in [0.717, 1.165) is 36.5 Å². The molecule has 26 heavy (non-hydrogen) atoms. The Labute approximate surface area is 152 Å². The Morgan fingerprint density at radius 3 is 2.62 bits per heavy atom. The van der Waals surface area contributed by atoms with Gasteiger partial charge in [0.25, 0.3) is 0 Å². The van der Waals surface area contributed by atoms with Gasteiger partial charge >= 0.3 is 0 Å². The quantitative estimate of drug-likeness (QED) is 0.840. The van der Waals surface area contributed by atoms with Crippen LogP contribution in [-0.4, -0.2) is 41.1 Å². The Hall–Kier alpha value is -2.40. The van der Waals surface area contributed by atoms with Crippen molar-refractivity contribution in [2.45, 2.75) is 38.2 Å². The summed E-state index contributed by atoms with van der Waals surface area (Å²) in [5.41, 5.74) is -0.493. The number of β-amino-alcohol motifs (C(OH)–C–C–N with tert-alkyl or cyclic N) is 1. The predicted octanol–water partition coefficient (Wildman–Crippen LogP) is 2.90. The molecule has 1 saturated carbocycles. The first-order valence-corrected chi connectivity index (χ1v) is 9.22. The highest BCUT2D eigenvalue weighted by Crippen LogP contribution is 2.46. The van der Waals surface area contributed by atoms with Gasteiger partial charge in [0, 0.05) is 11.8 Å². The van der Waals surface area contributed by atoms with E-state index >= 15 is 0 Å². The molecule has 1 N–H and O–H groups in total. The standard InChI is InChI=1S/C21H23NO4/c23-16(13-22-19(24)12-21(20(22)25)10-3-4-11-21)14-26-18-9-5-7-15-6-1-2-8-17(15)18/h1-2,5-9,16,23H,3-4,10-14H2. The molecule has 1 heterocycles. The summed E-state index contributed by atoms with van der Waals surface area (Å²) < 4.78 is 5.78. The third-order valence-electron chi connectivity index (χ3n) is 5.62. The highest BCUT2D eigenvalue weighted by Gasteiger charge is 2.52. The van der Waals surface area contributed by atoms with Crippen LogP contribution in [0.15, 0.2) is 42.5 Å². The number of aliphatic hydroxyl groups is 1. The normalized spacial score (nSPS) is 20.3. The van der Waals surface area contributed by atoms with Crippen LogP contribution >= 0.6 is 0 Å². The molecule has 2 aliphatic rings. The maximum atomic E-state index is 12.7. The van der Waals surface area contributed by atoms with Crippen LogP contribution in [0.5, 0.6) is 5.75 Å². The van der Waals surface area contributed by atoms with E-state index in [1.54, 1.807) is 0 Å². The third-order valence-corrected chi connectivity index (χ3v) is 5.62. The van der Waals surface area contributed by atoms with Crippen molar-refractivity contribution < 1.29 is 19.4 Å². The van der Waals surface area contributed by atoms with Crippen LogP contribution in [-0.2, 0) is 9.59 Å². The fourth-order valence-corrected chi connectivity index (χ4v) is 4.26. The van der Waals surface area contributed by atoms with E-state index in [1.807, 2.05) is 42.5 Å². The first-order chi connectivity index (χ1) is 12.6. The van der Waals surface area contributed by atoms with Crippen LogP contribution in [0.2, 0.25) is 0 Å². The summed E-state index contributed by atoms with van der Waals surface area (Å²) in [6.45, 7) is 0.0439. The summed E-state index contributed by atoms with van der Waals surface area (Å²) in [6.07, 6.45) is 2.97. The largest absolute Gasteiger partial charge is 0.490 e. The molecule has 1 aliphatic heterocycles. The highest BCUT2D eigenvalue weighted by atomic mass is 16.5. The number of carbonyl (C=O) groups is 2. The molecule has 2 amide bonds. The number of ether oxygens (including phenoxy) is 1. The molecular weight excluding hydrogens is 330 g/mol. The fraction of sp³-hybridized carbons (Fsp3) is 0.429. The number of nitrogens with zero attached hydrogens (tertiary/aromatic N) is 1. The van der Waals surface area contributed by atoms with Crippen LogP contribution in [0.3, 0.4) is 0 Å². The molecule has 1 spiro atoms. The van der Waals surface area contributed by atoms with Gasteiger partial charge in [-0.2, -0.15) is 0 Å². The predicted molar refractivity (Wildman–Crippen MR) is 97.7 cm³/mol. The number of amides is 2. The molecule has 1 unspecified atom stereocenters. The summed E-state index contributed by atoms with van der Waals surface area (Å²) in [5, 5.41) is 12.4. The molecule has 1 aliphatic carbocycles. The Balaban J connectivity index is 1.40. The lowest BCUT2D eigenvalue weighted by atomic mass is 9.84. The number of hydrogen-bond donors (Lipinski definition) is 1. The van der Waals surface area contributed by atoms with E-state index < -0.39 is 11.5 Å². The maximum absolute atomic E-state index is 12.7. The molecule has 2 aromatic rings. The number of imide groups is 1. The minimum Gasteiger partial charge on any atom is -0.490 e. The van der Waals surface area contributed by atoms with Gasteiger partial charge in [-0.15, -0.1) is 0 Å². The maximum Gasteiger partial charge on any atom is 0.235 e. The molecule has 136 valence electrons. The second kappa shape index (κ2) is 6.72. The van der Waals surface area contributed by atoms with Crippen molar-refractivity contribution in [3.63, 3.8) is 0 Å². The molecule has 0 radical (unpaired) electrons. The van der Waals surface area contributed by atoms with Crippen LogP contribution in [0.4, 0.5) is 0 Å². The zero-order chi connectivity index (χ0) is 18.1. The van der Waals surface area contributed by atoms with Gasteiger partial charge in [-0.25, -0.2) is 0 Å². The summed E-state index contributed by atoms with van der Waals surface area (Å²) in [7, 11) is 0. The van der Waals surface area contributed by atoms with Crippen LogP contribution < -0.4 is 4.74 Å². The van der Waals surface area contributed by atoms with Crippen molar-refractivity contribution in [1.29, 1.82) is 0 Å². The second-order valence-electron chi connectivity index (χ2n) is 7.42. The second-order valence-corrected chi connectivity index (χ2v) is 7.42. The molecule has 0 aromatic heterocycles. The minimum absolute atomic E-state index is 0.00415. The van der Waals surface area contributed by atoms with E-state index in [2.05, 4.69) is 0 Å². The van der Waals surface area contributed by atoms with Gasteiger partial charge in [0.1, 0.15) is 18.5 Å². The minimum atomic E-state index is -0.904. The topological polar surface area (TPSA) is 66.8 Å². The highest BCUT2D eigenvalue weighted by molar-refractivity contribution is 6.06. The van der Waals surface area contributed by atoms with Crippen LogP contribution in [0.1, 0.15) is 32.1 Å². The fourth-order valence-electron chi connectivity index (χ4n) is 4.26. The van der Waals surface area contributed by atoms with E-state index in [0.29, 0.717) is 12.2 Å². The Morgan fingerprint density at radius 2 is 1.81 bits per heavy atom. The van der Waals surface area contributed by atoms with Crippen LogP contribution in [0.25, 0.3) is 10.8 Å². The summed E-state index contributed by atoms with van der Waals surface area (Å²) in [4.78, 5) is 26.2. The lowest BCUT2D eigenvalue weighted by Crippen LogP contribution is -2.41. The van der Waals surface area contributed by atoms with Crippen molar-refractivity contribution in [1.82, 2.24) is 4.90 Å². The Kier molecular flexibility index (Phi) is 4.41. The summed E-state index contributed by atoms with van der Waals surface area (Å²) in [5.74, 6) is 0.416. The first kappa shape index (κ1) is 17.0. The van der Waals surface area contributed by atoms with Crippen molar-refractivity contribution in [2.24, 2.45) is 5.41 Å². The molecule has 1 atom stereocenters. The molecule has 5 nitrogen and oxygen atoms in total. The van der Waals surface area contributed by atoms with Crippen LogP contribution in [0, 0.1) is 5.41 Å². The number of hydrogen-bond acceptors (Lipinski definition) is 4. The number of benzene rings is 2. The van der Waals surface area contributed by atoms with Crippen molar-refractivity contribution in [3.05, 3.63) is 42.5 Å². The Morgan fingerprint density at radius 1 is 1.08 bits per heavy atom. The zero-order valence-electron chi connectivity index (χ0n) is 14.7. The van der Waals surface area contributed by atoms with Crippen molar-refractivity contribution in [3.8, 4) is 5.75 Å². The number of aliphatic hydroxyl groups excluding tert-OH is 1. The van der Waals surface area contributed by atoms with E-state index in [4.69, 9.17) is 4.74 Å². The van der Waals surface area contributed by atoms with Gasteiger partial charge < -0.3 is 9.84 Å². The van der Waals surface area contributed by atoms with Gasteiger partial charge in [0.05, 0.1) is 12.0 Å². The number of likely N-dealkylation sites (tertiary alicyclic amines) is 1. The SMILES string of the molecule is O=C1CC2(CCCC2)C(=O)N1CC(O)COc1cccc2ccccc12. The lowest BCUT2D eigenvalue weighted by molar-refractivity contribution is -0.143. The van der Waals surface area contributed by atoms with E-state index in [9.17, 15) is 14.7 Å².